The third-order valence-corrected chi connectivity index (χ3v) is 5.03. The number of fused-ring (bicyclic) bond motifs is 1. The summed E-state index contributed by atoms with van der Waals surface area (Å²) in [5.41, 5.74) is 2.32. The van der Waals surface area contributed by atoms with Crippen LogP contribution in [-0.4, -0.2) is 21.5 Å². The summed E-state index contributed by atoms with van der Waals surface area (Å²) in [4.78, 5) is 19.6. The van der Waals surface area contributed by atoms with Gasteiger partial charge in [-0.15, -0.1) is 11.3 Å². The van der Waals surface area contributed by atoms with Crippen molar-refractivity contribution in [2.24, 2.45) is 0 Å². The number of para-hydroxylation sites is 2. The topological polar surface area (TPSA) is 45.8 Å². The molecule has 3 aromatic rings. The van der Waals surface area contributed by atoms with Crippen LogP contribution in [0, 0.1) is 0 Å². The Morgan fingerprint density at radius 2 is 2.15 bits per heavy atom. The zero-order chi connectivity index (χ0) is 14.1. The molecule has 0 aliphatic carbocycles. The first-order valence-electron chi connectivity index (χ1n) is 5.69. The van der Waals surface area contributed by atoms with Gasteiger partial charge in [-0.05, 0) is 18.2 Å². The van der Waals surface area contributed by atoms with Crippen LogP contribution < -0.4 is 0 Å². The van der Waals surface area contributed by atoms with Crippen LogP contribution in [0.1, 0.15) is 10.4 Å². The summed E-state index contributed by atoms with van der Waals surface area (Å²) in [6.45, 7) is 0. The fraction of sp³-hybridized carbons (Fsp3) is 0.0769. The lowest BCUT2D eigenvalue weighted by Crippen LogP contribution is -2.01. The molecule has 20 heavy (non-hydrogen) atoms. The van der Waals surface area contributed by atoms with E-state index >= 15 is 0 Å². The van der Waals surface area contributed by atoms with Crippen LogP contribution >= 0.6 is 46.3 Å². The Kier molecular flexibility index (Phi) is 4.03. The highest BCUT2D eigenvalue weighted by Gasteiger charge is 2.15. The average Bonchev–Trinajstić information content (AvgIpc) is 2.98. The van der Waals surface area contributed by atoms with Crippen molar-refractivity contribution in [3.05, 3.63) is 44.6 Å². The molecule has 0 atom stereocenters. The number of benzene rings is 1. The lowest BCUT2D eigenvalue weighted by Gasteiger charge is -1.96. The molecule has 102 valence electrons. The summed E-state index contributed by atoms with van der Waals surface area (Å²) < 4.78 is 0.956. The first-order chi connectivity index (χ1) is 9.63. The zero-order valence-electron chi connectivity index (χ0n) is 10.0. The van der Waals surface area contributed by atoms with Gasteiger partial charge < -0.3 is 4.98 Å². The second kappa shape index (κ2) is 5.77. The molecule has 3 rings (SSSR count). The maximum absolute atomic E-state index is 12.1. The van der Waals surface area contributed by atoms with Crippen LogP contribution in [0.15, 0.2) is 35.5 Å². The van der Waals surface area contributed by atoms with Gasteiger partial charge in [0.25, 0.3) is 0 Å². The predicted molar refractivity (Wildman–Crippen MR) is 85.5 cm³/mol. The number of halogens is 2. The summed E-state index contributed by atoms with van der Waals surface area (Å²) in [6.07, 6.45) is 0. The standard InChI is InChI=1S/C13H8Cl2N2OS2/c14-11-5-7(12(15)20-11)10(18)6-19-13-16-8-3-1-2-4-9(8)17-13/h1-5H,6H2,(H,16,17). The first-order valence-corrected chi connectivity index (χ1v) is 8.25. The van der Waals surface area contributed by atoms with E-state index in [1.165, 1.54) is 23.1 Å². The minimum absolute atomic E-state index is 0.0522. The molecule has 0 saturated carbocycles. The van der Waals surface area contributed by atoms with Crippen LogP contribution in [0.25, 0.3) is 11.0 Å². The minimum Gasteiger partial charge on any atom is -0.333 e. The average molecular weight is 343 g/mol. The van der Waals surface area contributed by atoms with Crippen molar-refractivity contribution >= 4 is 63.1 Å². The Morgan fingerprint density at radius 3 is 2.85 bits per heavy atom. The second-order valence-electron chi connectivity index (χ2n) is 4.01. The number of Topliss-reactive ketones (excluding diaryl/α,β-unsaturated/α-hetero) is 1. The van der Waals surface area contributed by atoms with E-state index in [0.717, 1.165) is 16.2 Å². The molecule has 0 spiro atoms. The number of thioether (sulfide) groups is 1. The number of H-pyrrole nitrogens is 1. The summed E-state index contributed by atoms with van der Waals surface area (Å²) >= 11 is 14.4. The molecule has 1 N–H and O–H groups in total. The number of carbonyl (C=O) groups excluding carboxylic acids is 1. The van der Waals surface area contributed by atoms with Gasteiger partial charge in [0.05, 0.1) is 21.1 Å². The maximum atomic E-state index is 12.1. The number of hydrogen-bond donors (Lipinski definition) is 1. The van der Waals surface area contributed by atoms with Crippen molar-refractivity contribution in [2.45, 2.75) is 5.16 Å². The van der Waals surface area contributed by atoms with Crippen molar-refractivity contribution < 1.29 is 4.79 Å². The SMILES string of the molecule is O=C(CSc1nc2ccccc2[nH]1)c1cc(Cl)sc1Cl. The monoisotopic (exact) mass is 342 g/mol. The fourth-order valence-electron chi connectivity index (χ4n) is 1.74. The van der Waals surface area contributed by atoms with Crippen molar-refractivity contribution in [1.82, 2.24) is 9.97 Å². The number of ketones is 1. The van der Waals surface area contributed by atoms with Gasteiger partial charge in [0.15, 0.2) is 10.9 Å². The first kappa shape index (κ1) is 13.9. The van der Waals surface area contributed by atoms with Crippen LogP contribution in [0.5, 0.6) is 0 Å². The summed E-state index contributed by atoms with van der Waals surface area (Å²) in [7, 11) is 0. The van der Waals surface area contributed by atoms with Gasteiger partial charge in [-0.3, -0.25) is 4.79 Å². The lowest BCUT2D eigenvalue weighted by atomic mass is 10.2. The number of aromatic amines is 1. The van der Waals surface area contributed by atoms with E-state index in [1.807, 2.05) is 24.3 Å². The smallest absolute Gasteiger partial charge is 0.175 e. The quantitative estimate of drug-likeness (QED) is 0.541. The third kappa shape index (κ3) is 2.86. The number of aromatic nitrogens is 2. The van der Waals surface area contributed by atoms with Gasteiger partial charge in [0.2, 0.25) is 0 Å². The summed E-state index contributed by atoms with van der Waals surface area (Å²) in [6, 6.07) is 9.34. The summed E-state index contributed by atoms with van der Waals surface area (Å²) in [5, 5.41) is 0.719. The normalized spacial score (nSPS) is 11.1. The highest BCUT2D eigenvalue weighted by atomic mass is 35.5. The zero-order valence-corrected chi connectivity index (χ0v) is 13.2. The molecule has 0 amide bonds. The lowest BCUT2D eigenvalue weighted by molar-refractivity contribution is 0.102. The molecule has 0 unspecified atom stereocenters. The highest BCUT2D eigenvalue weighted by Crippen LogP contribution is 2.32. The summed E-state index contributed by atoms with van der Waals surface area (Å²) in [5.74, 6) is 0.218. The molecule has 2 heterocycles. The van der Waals surface area contributed by atoms with Gasteiger partial charge in [-0.2, -0.15) is 0 Å². The third-order valence-electron chi connectivity index (χ3n) is 2.66. The van der Waals surface area contributed by atoms with Crippen LogP contribution in [0.3, 0.4) is 0 Å². The number of imidazole rings is 1. The van der Waals surface area contributed by atoms with E-state index in [0.29, 0.717) is 14.2 Å². The number of hydrogen-bond acceptors (Lipinski definition) is 4. The molecular weight excluding hydrogens is 335 g/mol. The van der Waals surface area contributed by atoms with Crippen molar-refractivity contribution in [3.63, 3.8) is 0 Å². The molecule has 7 heteroatoms. The van der Waals surface area contributed by atoms with Crippen LogP contribution in [0.4, 0.5) is 0 Å². The van der Waals surface area contributed by atoms with Crippen LogP contribution in [0.2, 0.25) is 8.67 Å². The van der Waals surface area contributed by atoms with E-state index in [2.05, 4.69) is 9.97 Å². The van der Waals surface area contributed by atoms with Crippen molar-refractivity contribution in [2.75, 3.05) is 5.75 Å². The van der Waals surface area contributed by atoms with Gasteiger partial charge in [-0.1, -0.05) is 47.1 Å². The van der Waals surface area contributed by atoms with Gasteiger partial charge >= 0.3 is 0 Å². The van der Waals surface area contributed by atoms with E-state index in [4.69, 9.17) is 23.2 Å². The van der Waals surface area contributed by atoms with Crippen molar-refractivity contribution in [1.29, 1.82) is 0 Å². The predicted octanol–water partition coefficient (Wildman–Crippen LogP) is 4.91. The van der Waals surface area contributed by atoms with Crippen LogP contribution in [-0.2, 0) is 0 Å². The number of carbonyl (C=O) groups is 1. The molecule has 0 saturated heterocycles. The highest BCUT2D eigenvalue weighted by molar-refractivity contribution is 7.99. The number of nitrogens with one attached hydrogen (secondary N) is 1. The van der Waals surface area contributed by atoms with E-state index < -0.39 is 0 Å². The maximum Gasteiger partial charge on any atom is 0.175 e. The molecule has 1 aromatic carbocycles. The Morgan fingerprint density at radius 1 is 1.35 bits per heavy atom. The number of thiophene rings is 1. The minimum atomic E-state index is -0.0522. The Labute approximate surface area is 133 Å². The Hall–Kier alpha value is -1.01. The molecule has 0 bridgehead atoms. The number of rotatable bonds is 4. The van der Waals surface area contributed by atoms with E-state index in [1.54, 1.807) is 6.07 Å². The molecule has 2 aromatic heterocycles. The Bertz CT molecular complexity index is 749. The number of nitrogens with zero attached hydrogens (tertiary/aromatic N) is 1. The molecule has 0 aliphatic rings. The van der Waals surface area contributed by atoms with Crippen molar-refractivity contribution in [3.8, 4) is 0 Å². The van der Waals surface area contributed by atoms with Gasteiger partial charge in [0, 0.05) is 5.56 Å². The van der Waals surface area contributed by atoms with Gasteiger partial charge in [0.1, 0.15) is 4.34 Å². The van der Waals surface area contributed by atoms with E-state index in [9.17, 15) is 4.79 Å². The fourth-order valence-corrected chi connectivity index (χ4v) is 4.01. The molecule has 3 nitrogen and oxygen atoms in total. The van der Waals surface area contributed by atoms with E-state index in [-0.39, 0.29) is 11.5 Å². The largest absolute Gasteiger partial charge is 0.333 e. The second-order valence-corrected chi connectivity index (χ2v) is 7.26. The molecule has 0 aliphatic heterocycles. The Balaban J connectivity index is 1.73. The molecule has 0 fully saturated rings. The molecule has 0 radical (unpaired) electrons. The van der Waals surface area contributed by atoms with Gasteiger partial charge in [-0.25, -0.2) is 4.98 Å². The molecular formula is C13H8Cl2N2OS2.